The maximum atomic E-state index is 7.05. The second kappa shape index (κ2) is 15.9. The fraction of sp³-hybridized carbons (Fsp3) is 0.111. The van der Waals surface area contributed by atoms with Crippen LogP contribution in [0.25, 0.3) is 55.8 Å². The van der Waals surface area contributed by atoms with E-state index < -0.39 is 0 Å². The van der Waals surface area contributed by atoms with Crippen LogP contribution in [0.1, 0.15) is 28.7 Å². The van der Waals surface area contributed by atoms with Gasteiger partial charge in [0.05, 0.1) is 0 Å². The number of rotatable bonds is 8. The molecular formula is C54H44N4OPt. The van der Waals surface area contributed by atoms with Gasteiger partial charge in [-0.3, -0.25) is 0 Å². The van der Waals surface area contributed by atoms with Crippen LogP contribution in [-0.4, -0.2) is 20.7 Å². The SMILES string of the molecule is Cc1c(C)c(-c2ccccc2)c(-n2[c](=[Pt])n(-c3cccc(Oc4cc5c(cc4-c4ccccc4)CCCN5c4ccccn4)c3)c3ccccc32)c(-c2ccccc2)c1C. The summed E-state index contributed by atoms with van der Waals surface area (Å²) in [7, 11) is 0. The van der Waals surface area contributed by atoms with Gasteiger partial charge in [0.15, 0.2) is 0 Å². The third-order valence-electron chi connectivity index (χ3n) is 12.0. The van der Waals surface area contributed by atoms with E-state index in [-0.39, 0.29) is 0 Å². The molecule has 3 heterocycles. The molecule has 296 valence electrons. The van der Waals surface area contributed by atoms with Crippen molar-refractivity contribution in [1.29, 1.82) is 0 Å². The normalized spacial score (nSPS) is 12.4. The molecule has 6 heteroatoms. The minimum absolute atomic E-state index is 0.766. The van der Waals surface area contributed by atoms with E-state index in [4.69, 9.17) is 9.72 Å². The first-order valence-corrected chi connectivity index (χ1v) is 21.7. The number of aromatic nitrogens is 3. The van der Waals surface area contributed by atoms with Gasteiger partial charge >= 0.3 is 346 Å². The van der Waals surface area contributed by atoms with E-state index in [2.05, 4.69) is 218 Å². The van der Waals surface area contributed by atoms with Crippen LogP contribution in [0.3, 0.4) is 0 Å². The molecule has 0 N–H and O–H groups in total. The summed E-state index contributed by atoms with van der Waals surface area (Å²) >= 11 is 2.54. The van der Waals surface area contributed by atoms with Crippen molar-refractivity contribution in [3.63, 3.8) is 0 Å². The Morgan fingerprint density at radius 2 is 1.17 bits per heavy atom. The summed E-state index contributed by atoms with van der Waals surface area (Å²) in [5.74, 6) is 2.53. The summed E-state index contributed by atoms with van der Waals surface area (Å²) in [6.45, 7) is 7.72. The van der Waals surface area contributed by atoms with Crippen LogP contribution in [0.2, 0.25) is 0 Å². The first kappa shape index (κ1) is 37.7. The van der Waals surface area contributed by atoms with Crippen LogP contribution in [0.5, 0.6) is 11.5 Å². The Bertz CT molecular complexity index is 3020. The summed E-state index contributed by atoms with van der Waals surface area (Å²) < 4.78 is 13.0. The average Bonchev–Trinajstić information content (AvgIpc) is 3.60. The van der Waals surface area contributed by atoms with Crippen LogP contribution >= 0.6 is 0 Å². The van der Waals surface area contributed by atoms with E-state index in [0.717, 1.165) is 74.0 Å². The van der Waals surface area contributed by atoms with Gasteiger partial charge in [0.1, 0.15) is 0 Å². The van der Waals surface area contributed by atoms with E-state index in [1.165, 1.54) is 50.2 Å². The van der Waals surface area contributed by atoms with Crippen molar-refractivity contribution in [2.24, 2.45) is 0 Å². The number of ether oxygens (including phenoxy) is 1. The molecule has 5 nitrogen and oxygen atoms in total. The molecule has 10 rings (SSSR count). The van der Waals surface area contributed by atoms with Gasteiger partial charge in [-0.25, -0.2) is 0 Å². The zero-order valence-electron chi connectivity index (χ0n) is 33.9. The Labute approximate surface area is 362 Å². The van der Waals surface area contributed by atoms with Crippen LogP contribution in [-0.2, 0) is 25.8 Å². The molecule has 0 saturated heterocycles. The molecule has 0 atom stereocenters. The monoisotopic (exact) mass is 959 g/mol. The molecule has 0 unspecified atom stereocenters. The molecular weight excluding hydrogens is 916 g/mol. The molecule has 60 heavy (non-hydrogen) atoms. The number of anilines is 2. The number of imidazole rings is 1. The van der Waals surface area contributed by atoms with Gasteiger partial charge in [0.25, 0.3) is 0 Å². The second-order valence-electron chi connectivity index (χ2n) is 15.5. The van der Waals surface area contributed by atoms with Gasteiger partial charge < -0.3 is 0 Å². The fourth-order valence-corrected chi connectivity index (χ4v) is 10.0. The molecule has 0 bridgehead atoms. The Hall–Kier alpha value is -6.55. The number of benzene rings is 7. The summed E-state index contributed by atoms with van der Waals surface area (Å²) in [6, 6.07) is 60.2. The van der Waals surface area contributed by atoms with Gasteiger partial charge in [-0.15, -0.1) is 0 Å². The van der Waals surface area contributed by atoms with Crippen molar-refractivity contribution in [1.82, 2.24) is 14.1 Å². The third-order valence-corrected chi connectivity index (χ3v) is 13.0. The van der Waals surface area contributed by atoms with Gasteiger partial charge in [-0.2, -0.15) is 0 Å². The third kappa shape index (κ3) is 6.64. The Balaban J connectivity index is 1.16. The average molecular weight is 960 g/mol. The summed E-state index contributed by atoms with van der Waals surface area (Å²) in [5.41, 5.74) is 17.8. The van der Waals surface area contributed by atoms with Crippen molar-refractivity contribution in [2.45, 2.75) is 33.6 Å². The number of para-hydroxylation sites is 2. The molecule has 0 amide bonds. The molecule has 7 aromatic carbocycles. The Morgan fingerprint density at radius 3 is 1.80 bits per heavy atom. The number of hydrogen-bond acceptors (Lipinski definition) is 3. The Kier molecular flexibility index (Phi) is 9.99. The molecule has 2 aromatic heterocycles. The standard InChI is InChI=1S/C54H44N4O.Pt/c1-37-38(2)52(41-21-9-5-10-22-41)54(53(39(37)3)42-23-11-6-12-24-42)58-36-57(47-28-13-14-29-48(47)58)44-26-17-27-45(34-44)59-50-35-49-43(33-46(50)40-19-7-4-8-20-40)25-18-32-56(49)51-30-15-16-31-55-51;/h4-17,19-24,26-31,33-35H,18,25,32H2,1-3H3;. The van der Waals surface area contributed by atoms with Crippen molar-refractivity contribution >= 4 is 22.5 Å². The van der Waals surface area contributed by atoms with Crippen LogP contribution in [0.15, 0.2) is 176 Å². The minimum atomic E-state index is 0.766. The summed E-state index contributed by atoms with van der Waals surface area (Å²) in [6.07, 6.45) is 3.93. The molecule has 9 aromatic rings. The van der Waals surface area contributed by atoms with Crippen LogP contribution in [0, 0.1) is 24.6 Å². The van der Waals surface area contributed by atoms with Crippen LogP contribution in [0.4, 0.5) is 11.5 Å². The fourth-order valence-electron chi connectivity index (χ4n) is 8.95. The van der Waals surface area contributed by atoms with Crippen molar-refractivity contribution in [3.05, 3.63) is 202 Å². The van der Waals surface area contributed by atoms with E-state index in [9.17, 15) is 0 Å². The predicted octanol–water partition coefficient (Wildman–Crippen LogP) is 13.7. The molecule has 0 fully saturated rings. The second-order valence-corrected chi connectivity index (χ2v) is 16.5. The molecule has 0 saturated carbocycles. The van der Waals surface area contributed by atoms with Crippen molar-refractivity contribution < 1.29 is 24.1 Å². The number of fused-ring (bicyclic) bond motifs is 2. The molecule has 0 aliphatic carbocycles. The first-order chi connectivity index (χ1) is 29.5. The van der Waals surface area contributed by atoms with Gasteiger partial charge in [-0.1, -0.05) is 6.07 Å². The van der Waals surface area contributed by atoms with Gasteiger partial charge in [0.2, 0.25) is 0 Å². The molecule has 0 spiro atoms. The molecule has 1 aliphatic heterocycles. The predicted molar refractivity (Wildman–Crippen MR) is 242 cm³/mol. The van der Waals surface area contributed by atoms with Crippen molar-refractivity contribution in [3.8, 4) is 56.3 Å². The van der Waals surface area contributed by atoms with E-state index in [1.807, 2.05) is 12.3 Å². The molecule has 0 radical (unpaired) electrons. The quantitative estimate of drug-likeness (QED) is 0.152. The number of aryl methyl sites for hydroxylation is 1. The van der Waals surface area contributed by atoms with Crippen LogP contribution < -0.4 is 9.64 Å². The van der Waals surface area contributed by atoms with E-state index >= 15 is 0 Å². The Morgan fingerprint density at radius 1 is 0.567 bits per heavy atom. The summed E-state index contributed by atoms with van der Waals surface area (Å²) in [4.78, 5) is 7.06. The van der Waals surface area contributed by atoms with E-state index in [1.54, 1.807) is 0 Å². The zero-order chi connectivity index (χ0) is 40.7. The number of hydrogen-bond donors (Lipinski definition) is 0. The number of pyridine rings is 1. The molecule has 1 aliphatic rings. The maximum absolute atomic E-state index is 7.05. The summed E-state index contributed by atoms with van der Waals surface area (Å²) in [5, 5.41) is 0. The first-order valence-electron chi connectivity index (χ1n) is 20.6. The zero-order valence-corrected chi connectivity index (χ0v) is 36.2. The number of nitrogens with zero attached hydrogens (tertiary/aromatic N) is 4. The van der Waals surface area contributed by atoms with Gasteiger partial charge in [-0.05, 0) is 6.07 Å². The van der Waals surface area contributed by atoms with Gasteiger partial charge in [0, 0.05) is 6.20 Å². The topological polar surface area (TPSA) is 35.2 Å². The van der Waals surface area contributed by atoms with Crippen molar-refractivity contribution in [2.75, 3.05) is 11.4 Å². The van der Waals surface area contributed by atoms with E-state index in [0.29, 0.717) is 0 Å².